The third-order valence-electron chi connectivity index (χ3n) is 6.72. The van der Waals surface area contributed by atoms with Crippen LogP contribution in [0.3, 0.4) is 0 Å². The number of benzene rings is 3. The van der Waals surface area contributed by atoms with E-state index in [9.17, 15) is 14.0 Å². The summed E-state index contributed by atoms with van der Waals surface area (Å²) in [5, 5.41) is 3.92. The Morgan fingerprint density at radius 3 is 2.76 bits per heavy atom. The van der Waals surface area contributed by atoms with E-state index in [0.29, 0.717) is 33.9 Å². The maximum absolute atomic E-state index is 14.3. The highest BCUT2D eigenvalue weighted by atomic mass is 35.5. The lowest BCUT2D eigenvalue weighted by atomic mass is 10.0. The average Bonchev–Trinajstić information content (AvgIpc) is 3.28. The third-order valence-corrected chi connectivity index (χ3v) is 7.00. The largest absolute Gasteiger partial charge is 0.497 e. The number of rotatable bonds is 9. The minimum atomic E-state index is -0.640. The summed E-state index contributed by atoms with van der Waals surface area (Å²) in [6, 6.07) is 15.6. The van der Waals surface area contributed by atoms with Gasteiger partial charge in [-0.05, 0) is 48.9 Å². The monoisotopic (exact) mass is 591 g/mol. The van der Waals surface area contributed by atoms with Crippen LogP contribution in [-0.4, -0.2) is 40.3 Å². The molecule has 3 aromatic carbocycles. The first-order valence-electron chi connectivity index (χ1n) is 12.8. The molecule has 0 saturated heterocycles. The van der Waals surface area contributed by atoms with Crippen molar-refractivity contribution in [2.45, 2.75) is 19.5 Å². The molecule has 0 bridgehead atoms. The molecular formula is C29H27ClFN7O4. The van der Waals surface area contributed by atoms with E-state index in [4.69, 9.17) is 32.8 Å². The van der Waals surface area contributed by atoms with Crippen LogP contribution < -0.4 is 31.6 Å². The fourth-order valence-corrected chi connectivity index (χ4v) is 4.78. The number of carbonyl (C=O) groups excluding carboxylic acids is 2. The van der Waals surface area contributed by atoms with Crippen LogP contribution in [0.25, 0.3) is 11.3 Å². The fourth-order valence-electron chi connectivity index (χ4n) is 4.58. The van der Waals surface area contributed by atoms with E-state index in [2.05, 4.69) is 15.3 Å². The number of nitrogen functional groups attached to an aromatic ring is 1. The molecule has 5 rings (SSSR count). The Labute approximate surface area is 245 Å². The summed E-state index contributed by atoms with van der Waals surface area (Å²) in [5.41, 5.74) is 9.02. The number of fused-ring (bicyclic) bond motifs is 1. The SMILES string of the molecule is COc1ccc(F)c(C(C)NC(=O)CN2Cc3ccc(-c4nc(ON(N)c5ccccc5N)ncc4Cl)cc3C2=O)c1. The molecule has 1 aromatic heterocycles. The normalized spacial score (nSPS) is 13.0. The molecule has 0 radical (unpaired) electrons. The zero-order valence-corrected chi connectivity index (χ0v) is 23.4. The zero-order chi connectivity index (χ0) is 30.0. The van der Waals surface area contributed by atoms with E-state index in [-0.39, 0.29) is 35.6 Å². The first kappa shape index (κ1) is 28.6. The predicted molar refractivity (Wildman–Crippen MR) is 155 cm³/mol. The maximum Gasteiger partial charge on any atom is 0.345 e. The van der Waals surface area contributed by atoms with Crippen LogP contribution in [0.5, 0.6) is 11.8 Å². The van der Waals surface area contributed by atoms with Crippen molar-refractivity contribution in [3.8, 4) is 23.0 Å². The van der Waals surface area contributed by atoms with Gasteiger partial charge in [-0.15, -0.1) is 5.17 Å². The number of aromatic nitrogens is 2. The summed E-state index contributed by atoms with van der Waals surface area (Å²) in [7, 11) is 1.48. The van der Waals surface area contributed by atoms with E-state index >= 15 is 0 Å². The van der Waals surface area contributed by atoms with Gasteiger partial charge < -0.3 is 25.5 Å². The summed E-state index contributed by atoms with van der Waals surface area (Å²) < 4.78 is 19.5. The van der Waals surface area contributed by atoms with E-state index < -0.39 is 17.8 Å². The highest BCUT2D eigenvalue weighted by Crippen LogP contribution is 2.32. The van der Waals surface area contributed by atoms with Crippen molar-refractivity contribution in [2.24, 2.45) is 5.84 Å². The molecule has 2 amide bonds. The molecule has 0 fully saturated rings. The summed E-state index contributed by atoms with van der Waals surface area (Å²) in [5.74, 6) is 5.22. The number of amides is 2. The van der Waals surface area contributed by atoms with Gasteiger partial charge in [0, 0.05) is 23.2 Å². The zero-order valence-electron chi connectivity index (χ0n) is 22.7. The summed E-state index contributed by atoms with van der Waals surface area (Å²) in [6.45, 7) is 1.68. The summed E-state index contributed by atoms with van der Waals surface area (Å²) in [4.78, 5) is 41.5. The van der Waals surface area contributed by atoms with Crippen molar-refractivity contribution in [2.75, 3.05) is 24.6 Å². The first-order chi connectivity index (χ1) is 20.1. The summed E-state index contributed by atoms with van der Waals surface area (Å²) >= 11 is 6.40. The molecule has 42 heavy (non-hydrogen) atoms. The van der Waals surface area contributed by atoms with Gasteiger partial charge in [0.15, 0.2) is 0 Å². The molecule has 5 N–H and O–H groups in total. The van der Waals surface area contributed by atoms with Crippen molar-refractivity contribution < 1.29 is 23.6 Å². The fraction of sp³-hybridized carbons (Fsp3) is 0.172. The van der Waals surface area contributed by atoms with Gasteiger partial charge in [0.05, 0.1) is 35.8 Å². The predicted octanol–water partition coefficient (Wildman–Crippen LogP) is 4.03. The standard InChI is InChI=1S/C29H27ClFN7O4/c1-16(20-12-19(41-2)9-10-23(20)31)35-26(39)15-37-14-18-8-7-17(11-21(18)28(37)40)27-22(30)13-34-29(36-27)42-38(33)25-6-4-3-5-24(25)32/h3-13,16H,14-15,32-33H2,1-2H3,(H,35,39). The van der Waals surface area contributed by atoms with Crippen LogP contribution in [-0.2, 0) is 11.3 Å². The van der Waals surface area contributed by atoms with Crippen LogP contribution in [0.15, 0.2) is 66.9 Å². The number of hydrazine groups is 1. The van der Waals surface area contributed by atoms with Gasteiger partial charge in [0.1, 0.15) is 23.8 Å². The maximum atomic E-state index is 14.3. The number of carbonyl (C=O) groups is 2. The summed E-state index contributed by atoms with van der Waals surface area (Å²) in [6.07, 6.45) is 1.36. The average molecular weight is 592 g/mol. The van der Waals surface area contributed by atoms with Crippen molar-refractivity contribution in [3.63, 3.8) is 0 Å². The van der Waals surface area contributed by atoms with Gasteiger partial charge in [-0.2, -0.15) is 4.98 Å². The number of nitrogens with zero attached hydrogens (tertiary/aromatic N) is 4. The van der Waals surface area contributed by atoms with Crippen LogP contribution in [0.4, 0.5) is 15.8 Å². The quantitative estimate of drug-likeness (QED) is 0.149. The van der Waals surface area contributed by atoms with Gasteiger partial charge in [-0.25, -0.2) is 15.2 Å². The van der Waals surface area contributed by atoms with Crippen molar-refractivity contribution in [3.05, 3.63) is 94.4 Å². The van der Waals surface area contributed by atoms with Crippen LogP contribution in [0.1, 0.15) is 34.5 Å². The highest BCUT2D eigenvalue weighted by molar-refractivity contribution is 6.32. The lowest BCUT2D eigenvalue weighted by Gasteiger charge is -2.19. The molecule has 1 aliphatic rings. The van der Waals surface area contributed by atoms with Gasteiger partial charge >= 0.3 is 6.01 Å². The molecule has 2 heterocycles. The molecular weight excluding hydrogens is 565 g/mol. The number of ether oxygens (including phenoxy) is 1. The smallest absolute Gasteiger partial charge is 0.345 e. The molecule has 0 spiro atoms. The number of nitrogens with one attached hydrogen (secondary N) is 1. The number of methoxy groups -OCH3 is 1. The van der Waals surface area contributed by atoms with Crippen molar-refractivity contribution in [1.29, 1.82) is 0 Å². The minimum Gasteiger partial charge on any atom is -0.497 e. The van der Waals surface area contributed by atoms with Crippen LogP contribution in [0, 0.1) is 5.82 Å². The molecule has 0 aliphatic carbocycles. The highest BCUT2D eigenvalue weighted by Gasteiger charge is 2.30. The van der Waals surface area contributed by atoms with Crippen LogP contribution >= 0.6 is 11.6 Å². The molecule has 0 saturated carbocycles. The lowest BCUT2D eigenvalue weighted by Crippen LogP contribution is -2.38. The van der Waals surface area contributed by atoms with Gasteiger partial charge in [0.2, 0.25) is 5.91 Å². The van der Waals surface area contributed by atoms with Gasteiger partial charge in [-0.3, -0.25) is 9.59 Å². The second kappa shape index (κ2) is 11.9. The molecule has 4 aromatic rings. The van der Waals surface area contributed by atoms with E-state index in [0.717, 1.165) is 10.7 Å². The van der Waals surface area contributed by atoms with E-state index in [1.807, 2.05) is 0 Å². The van der Waals surface area contributed by atoms with Gasteiger partial charge in [0.25, 0.3) is 5.91 Å². The topological polar surface area (TPSA) is 149 Å². The Bertz CT molecular complexity index is 1670. The number of hydrogen-bond donors (Lipinski definition) is 3. The van der Waals surface area contributed by atoms with Crippen molar-refractivity contribution >= 4 is 34.8 Å². The molecule has 1 unspecified atom stereocenters. The minimum absolute atomic E-state index is 0.0909. The number of halogens is 2. The third kappa shape index (κ3) is 5.90. The van der Waals surface area contributed by atoms with Crippen molar-refractivity contribution in [1.82, 2.24) is 20.2 Å². The number of nitrogens with two attached hydrogens (primary N) is 2. The van der Waals surface area contributed by atoms with Gasteiger partial charge in [-0.1, -0.05) is 35.9 Å². The Balaban J connectivity index is 1.29. The Morgan fingerprint density at radius 1 is 1.21 bits per heavy atom. The Kier molecular flexibility index (Phi) is 8.09. The number of hydrogen-bond acceptors (Lipinski definition) is 9. The van der Waals surface area contributed by atoms with Crippen LogP contribution in [0.2, 0.25) is 5.02 Å². The number of para-hydroxylation sites is 2. The molecule has 13 heteroatoms. The molecule has 216 valence electrons. The number of anilines is 2. The molecule has 11 nitrogen and oxygen atoms in total. The Morgan fingerprint density at radius 2 is 2.00 bits per heavy atom. The first-order valence-corrected chi connectivity index (χ1v) is 13.2. The Hall–Kier alpha value is -4.94. The molecule has 1 atom stereocenters. The second-order valence-corrected chi connectivity index (χ2v) is 9.94. The van der Waals surface area contributed by atoms with E-state index in [1.54, 1.807) is 49.4 Å². The second-order valence-electron chi connectivity index (χ2n) is 9.53. The van der Waals surface area contributed by atoms with E-state index in [1.165, 1.54) is 36.4 Å². The molecule has 1 aliphatic heterocycles. The lowest BCUT2D eigenvalue weighted by molar-refractivity contribution is -0.122.